The highest BCUT2D eigenvalue weighted by Crippen LogP contribution is 2.24. The number of carbonyl (C=O) groups is 2. The van der Waals surface area contributed by atoms with Gasteiger partial charge in [0.05, 0.1) is 22.9 Å². The zero-order chi connectivity index (χ0) is 17.5. The molecule has 0 fully saturated rings. The van der Waals surface area contributed by atoms with E-state index in [9.17, 15) is 9.59 Å². The second-order valence-electron chi connectivity index (χ2n) is 4.75. The molecule has 2 rings (SSSR count). The number of hydrogen-bond acceptors (Lipinski definition) is 7. The molecule has 1 aromatic heterocycles. The molecule has 0 atom stereocenters. The standard InChI is InChI=1S/C15H16ClN3O3S2/c1-3-6-22-14(21)11-7-10(4-5-12(11)16)17-13(20)8-23-15-19-18-9(2)24-15/h4-5,7H,3,6,8H2,1-2H3,(H,17,20). The number of amides is 1. The van der Waals surface area contributed by atoms with Gasteiger partial charge < -0.3 is 10.1 Å². The molecule has 0 aliphatic carbocycles. The molecule has 24 heavy (non-hydrogen) atoms. The van der Waals surface area contributed by atoms with Crippen molar-refractivity contribution in [3.8, 4) is 0 Å². The van der Waals surface area contributed by atoms with Crippen molar-refractivity contribution in [2.75, 3.05) is 17.7 Å². The molecule has 1 heterocycles. The fourth-order valence-corrected chi connectivity index (χ4v) is 3.50. The van der Waals surface area contributed by atoms with Crippen LogP contribution in [-0.2, 0) is 9.53 Å². The van der Waals surface area contributed by atoms with Gasteiger partial charge in [-0.1, -0.05) is 41.6 Å². The van der Waals surface area contributed by atoms with E-state index in [0.717, 1.165) is 15.8 Å². The lowest BCUT2D eigenvalue weighted by atomic mass is 10.2. The fraction of sp³-hybridized carbons (Fsp3) is 0.333. The van der Waals surface area contributed by atoms with Crippen molar-refractivity contribution in [3.05, 3.63) is 33.8 Å². The van der Waals surface area contributed by atoms with Crippen molar-refractivity contribution in [2.45, 2.75) is 24.6 Å². The molecule has 2 aromatic rings. The number of carbonyl (C=O) groups excluding carboxylic acids is 2. The molecular formula is C15H16ClN3O3S2. The molecule has 0 radical (unpaired) electrons. The highest BCUT2D eigenvalue weighted by Gasteiger charge is 2.14. The van der Waals surface area contributed by atoms with Gasteiger partial charge in [0.15, 0.2) is 4.34 Å². The minimum Gasteiger partial charge on any atom is -0.462 e. The van der Waals surface area contributed by atoms with Gasteiger partial charge in [-0.2, -0.15) is 0 Å². The summed E-state index contributed by atoms with van der Waals surface area (Å²) >= 11 is 8.76. The van der Waals surface area contributed by atoms with Gasteiger partial charge in [-0.05, 0) is 31.5 Å². The van der Waals surface area contributed by atoms with Crippen molar-refractivity contribution in [1.29, 1.82) is 0 Å². The predicted octanol–water partition coefficient (Wildman–Crippen LogP) is 3.80. The van der Waals surface area contributed by atoms with Crippen molar-refractivity contribution in [1.82, 2.24) is 10.2 Å². The highest BCUT2D eigenvalue weighted by molar-refractivity contribution is 8.01. The Balaban J connectivity index is 1.96. The van der Waals surface area contributed by atoms with Crippen LogP contribution >= 0.6 is 34.7 Å². The average molecular weight is 386 g/mol. The Morgan fingerprint density at radius 3 is 2.83 bits per heavy atom. The molecule has 0 saturated carbocycles. The number of rotatable bonds is 7. The fourth-order valence-electron chi connectivity index (χ4n) is 1.69. The molecular weight excluding hydrogens is 370 g/mol. The normalized spacial score (nSPS) is 10.5. The van der Waals surface area contributed by atoms with Gasteiger partial charge in [-0.25, -0.2) is 4.79 Å². The summed E-state index contributed by atoms with van der Waals surface area (Å²) in [6.07, 6.45) is 0.724. The van der Waals surface area contributed by atoms with Crippen LogP contribution in [0.15, 0.2) is 22.5 Å². The zero-order valence-corrected chi connectivity index (χ0v) is 15.6. The molecule has 9 heteroatoms. The van der Waals surface area contributed by atoms with E-state index in [1.165, 1.54) is 29.2 Å². The summed E-state index contributed by atoms with van der Waals surface area (Å²) in [4.78, 5) is 23.9. The molecule has 0 spiro atoms. The summed E-state index contributed by atoms with van der Waals surface area (Å²) in [6, 6.07) is 4.70. The number of nitrogens with one attached hydrogen (secondary N) is 1. The molecule has 0 bridgehead atoms. The van der Waals surface area contributed by atoms with Gasteiger partial charge in [0.25, 0.3) is 0 Å². The predicted molar refractivity (Wildman–Crippen MR) is 96.0 cm³/mol. The first-order valence-corrected chi connectivity index (χ1v) is 9.37. The first-order chi connectivity index (χ1) is 11.5. The first kappa shape index (κ1) is 18.7. The molecule has 0 aliphatic rings. The van der Waals surface area contributed by atoms with E-state index < -0.39 is 5.97 Å². The number of thioether (sulfide) groups is 1. The maximum atomic E-state index is 12.0. The average Bonchev–Trinajstić information content (AvgIpc) is 2.98. The van der Waals surface area contributed by atoms with Gasteiger partial charge in [-0.15, -0.1) is 10.2 Å². The Bertz CT molecular complexity index is 737. The zero-order valence-electron chi connectivity index (χ0n) is 13.2. The van der Waals surface area contributed by atoms with Crippen LogP contribution in [0.25, 0.3) is 0 Å². The van der Waals surface area contributed by atoms with E-state index in [4.69, 9.17) is 16.3 Å². The van der Waals surface area contributed by atoms with Crippen LogP contribution in [0.1, 0.15) is 28.7 Å². The van der Waals surface area contributed by atoms with Crippen LogP contribution in [0.4, 0.5) is 5.69 Å². The van der Waals surface area contributed by atoms with Crippen LogP contribution in [0.2, 0.25) is 5.02 Å². The summed E-state index contributed by atoms with van der Waals surface area (Å²) in [6.45, 7) is 4.08. The number of aromatic nitrogens is 2. The van der Waals surface area contributed by atoms with E-state index in [1.54, 1.807) is 12.1 Å². The Labute approximate surface area is 153 Å². The minimum absolute atomic E-state index is 0.201. The van der Waals surface area contributed by atoms with Gasteiger partial charge >= 0.3 is 5.97 Å². The number of hydrogen-bond donors (Lipinski definition) is 1. The summed E-state index contributed by atoms with van der Waals surface area (Å²) in [5, 5.41) is 11.7. The molecule has 1 amide bonds. The van der Waals surface area contributed by atoms with Crippen LogP contribution in [0.5, 0.6) is 0 Å². The Morgan fingerprint density at radius 1 is 1.38 bits per heavy atom. The second-order valence-corrected chi connectivity index (χ2v) is 7.57. The lowest BCUT2D eigenvalue weighted by Crippen LogP contribution is -2.15. The molecule has 128 valence electrons. The molecule has 6 nitrogen and oxygen atoms in total. The van der Waals surface area contributed by atoms with Crippen molar-refractivity contribution in [3.63, 3.8) is 0 Å². The number of nitrogens with zero attached hydrogens (tertiary/aromatic N) is 2. The number of esters is 1. The molecule has 1 N–H and O–H groups in total. The lowest BCUT2D eigenvalue weighted by Gasteiger charge is -2.09. The molecule has 0 unspecified atom stereocenters. The number of ether oxygens (including phenoxy) is 1. The SMILES string of the molecule is CCCOC(=O)c1cc(NC(=O)CSc2nnc(C)s2)ccc1Cl. The Kier molecular flexibility index (Phi) is 7.01. The first-order valence-electron chi connectivity index (χ1n) is 7.19. The third-order valence-corrected chi connectivity index (χ3v) is 5.04. The van der Waals surface area contributed by atoms with E-state index in [-0.39, 0.29) is 22.2 Å². The van der Waals surface area contributed by atoms with Gasteiger partial charge in [0.2, 0.25) is 5.91 Å². The number of halogens is 1. The van der Waals surface area contributed by atoms with Gasteiger partial charge in [-0.3, -0.25) is 4.79 Å². The smallest absolute Gasteiger partial charge is 0.339 e. The van der Waals surface area contributed by atoms with Crippen LogP contribution in [0, 0.1) is 6.92 Å². The highest BCUT2D eigenvalue weighted by atomic mass is 35.5. The third-order valence-electron chi connectivity index (χ3n) is 2.74. The van der Waals surface area contributed by atoms with Crippen molar-refractivity contribution < 1.29 is 14.3 Å². The molecule has 0 saturated heterocycles. The van der Waals surface area contributed by atoms with Crippen molar-refractivity contribution >= 4 is 52.3 Å². The van der Waals surface area contributed by atoms with E-state index in [0.29, 0.717) is 12.3 Å². The van der Waals surface area contributed by atoms with E-state index >= 15 is 0 Å². The molecule has 1 aromatic carbocycles. The van der Waals surface area contributed by atoms with E-state index in [2.05, 4.69) is 15.5 Å². The van der Waals surface area contributed by atoms with Crippen LogP contribution in [0.3, 0.4) is 0 Å². The van der Waals surface area contributed by atoms with E-state index in [1.807, 2.05) is 13.8 Å². The number of benzene rings is 1. The summed E-state index contributed by atoms with van der Waals surface area (Å²) < 4.78 is 5.81. The van der Waals surface area contributed by atoms with Gasteiger partial charge in [0, 0.05) is 5.69 Å². The maximum absolute atomic E-state index is 12.0. The Hall–Kier alpha value is -1.64. The largest absolute Gasteiger partial charge is 0.462 e. The monoisotopic (exact) mass is 385 g/mol. The summed E-state index contributed by atoms with van der Waals surface area (Å²) in [5.41, 5.74) is 0.720. The maximum Gasteiger partial charge on any atom is 0.339 e. The van der Waals surface area contributed by atoms with Crippen LogP contribution < -0.4 is 5.32 Å². The third kappa shape index (κ3) is 5.47. The van der Waals surface area contributed by atoms with Crippen LogP contribution in [-0.4, -0.2) is 34.4 Å². The summed E-state index contributed by atoms with van der Waals surface area (Å²) in [5.74, 6) is -0.507. The number of anilines is 1. The topological polar surface area (TPSA) is 81.2 Å². The van der Waals surface area contributed by atoms with Crippen molar-refractivity contribution in [2.24, 2.45) is 0 Å². The number of aryl methyl sites for hydroxylation is 1. The van der Waals surface area contributed by atoms with Gasteiger partial charge in [0.1, 0.15) is 5.01 Å². The molecule has 0 aliphatic heterocycles. The Morgan fingerprint density at radius 2 is 2.17 bits per heavy atom. The lowest BCUT2D eigenvalue weighted by molar-refractivity contribution is -0.113. The minimum atomic E-state index is -0.503. The summed E-state index contributed by atoms with van der Waals surface area (Å²) in [7, 11) is 0. The quantitative estimate of drug-likeness (QED) is 0.576. The second kappa shape index (κ2) is 9.00.